The van der Waals surface area contributed by atoms with Crippen molar-refractivity contribution in [3.8, 4) is 0 Å². The van der Waals surface area contributed by atoms with Crippen LogP contribution in [0.1, 0.15) is 12.8 Å². The Kier molecular flexibility index (Phi) is 9.33. The molecule has 0 saturated carbocycles. The number of aliphatic carboxylic acids is 1. The first kappa shape index (κ1) is 17.3. The lowest BCUT2D eigenvalue weighted by molar-refractivity contribution is -0.139. The molecule has 0 aliphatic heterocycles. The number of hydrogen-bond acceptors (Lipinski definition) is 5. The van der Waals surface area contributed by atoms with Crippen LogP contribution in [0.15, 0.2) is 12.7 Å². The summed E-state index contributed by atoms with van der Waals surface area (Å²) in [6.07, 6.45) is 0.266. The van der Waals surface area contributed by atoms with Crippen LogP contribution in [0.5, 0.6) is 0 Å². The molecule has 0 fully saturated rings. The number of hydrogen-bond donors (Lipinski definition) is 4. The van der Waals surface area contributed by atoms with E-state index in [1.807, 2.05) is 0 Å². The molecule has 0 aromatic rings. The molecular weight excluding hydrogens is 230 g/mol. The molecule has 8 nitrogen and oxygen atoms in total. The standard InChI is InChI=1S/C9H14N2O5.H3N/c1-2-5-16-9(15)11-6(8(13)14)3-4-7(10)12;/h2,6H,1,3-5H2,(H2,10,12)(H,11,15)(H,13,14);1H3. The Morgan fingerprint density at radius 2 is 2.06 bits per heavy atom. The summed E-state index contributed by atoms with van der Waals surface area (Å²) in [5.74, 6) is -1.88. The van der Waals surface area contributed by atoms with E-state index in [2.05, 4.69) is 16.6 Å². The minimum Gasteiger partial charge on any atom is -0.480 e. The van der Waals surface area contributed by atoms with Gasteiger partial charge in [-0.3, -0.25) is 4.79 Å². The van der Waals surface area contributed by atoms with Crippen molar-refractivity contribution in [2.45, 2.75) is 18.9 Å². The first-order valence-electron chi connectivity index (χ1n) is 4.52. The number of nitrogens with one attached hydrogen (secondary N) is 1. The third-order valence-electron chi connectivity index (χ3n) is 1.60. The number of primary amides is 1. The summed E-state index contributed by atoms with van der Waals surface area (Å²) in [7, 11) is 0. The van der Waals surface area contributed by atoms with Crippen molar-refractivity contribution in [1.82, 2.24) is 11.5 Å². The van der Waals surface area contributed by atoms with E-state index in [4.69, 9.17) is 10.8 Å². The Labute approximate surface area is 98.4 Å². The molecule has 0 aromatic heterocycles. The van der Waals surface area contributed by atoms with Crippen LogP contribution >= 0.6 is 0 Å². The van der Waals surface area contributed by atoms with E-state index in [-0.39, 0.29) is 25.6 Å². The first-order chi connectivity index (χ1) is 7.47. The van der Waals surface area contributed by atoms with E-state index < -0.39 is 24.0 Å². The third-order valence-corrected chi connectivity index (χ3v) is 1.60. The van der Waals surface area contributed by atoms with E-state index in [1.54, 1.807) is 0 Å². The van der Waals surface area contributed by atoms with Gasteiger partial charge in [0.2, 0.25) is 5.91 Å². The Morgan fingerprint density at radius 3 is 2.47 bits per heavy atom. The highest BCUT2D eigenvalue weighted by Crippen LogP contribution is 1.98. The lowest BCUT2D eigenvalue weighted by Crippen LogP contribution is -2.41. The van der Waals surface area contributed by atoms with Crippen LogP contribution in [0.25, 0.3) is 0 Å². The highest BCUT2D eigenvalue weighted by atomic mass is 16.5. The SMILES string of the molecule is C=CCOC(=O)NC(CCC(N)=O)C(=O)O.N. The number of amides is 2. The quantitative estimate of drug-likeness (QED) is 0.456. The predicted molar refractivity (Wildman–Crippen MR) is 59.6 cm³/mol. The molecule has 0 radical (unpaired) electrons. The van der Waals surface area contributed by atoms with Gasteiger partial charge < -0.3 is 27.0 Å². The Bertz CT molecular complexity index is 292. The van der Waals surface area contributed by atoms with Crippen molar-refractivity contribution in [3.05, 3.63) is 12.7 Å². The van der Waals surface area contributed by atoms with Crippen LogP contribution in [-0.4, -0.2) is 35.7 Å². The van der Waals surface area contributed by atoms with Gasteiger partial charge in [0.05, 0.1) is 0 Å². The predicted octanol–water partition coefficient (Wildman–Crippen LogP) is -0.221. The van der Waals surface area contributed by atoms with Gasteiger partial charge >= 0.3 is 12.1 Å². The minimum atomic E-state index is -1.25. The molecule has 7 N–H and O–H groups in total. The van der Waals surface area contributed by atoms with Gasteiger partial charge in [0.1, 0.15) is 12.6 Å². The highest BCUT2D eigenvalue weighted by Gasteiger charge is 2.20. The van der Waals surface area contributed by atoms with Crippen LogP contribution in [0.3, 0.4) is 0 Å². The average Bonchev–Trinajstić information content (AvgIpc) is 2.20. The molecule has 0 rings (SSSR count). The number of alkyl carbamates (subject to hydrolysis) is 1. The number of carbonyl (C=O) groups excluding carboxylic acids is 2. The zero-order chi connectivity index (χ0) is 12.6. The van der Waals surface area contributed by atoms with E-state index in [9.17, 15) is 14.4 Å². The van der Waals surface area contributed by atoms with Crippen molar-refractivity contribution in [3.63, 3.8) is 0 Å². The molecule has 0 spiro atoms. The van der Waals surface area contributed by atoms with Crippen LogP contribution in [0.2, 0.25) is 0 Å². The maximum atomic E-state index is 11.0. The number of rotatable bonds is 7. The van der Waals surface area contributed by atoms with E-state index in [1.165, 1.54) is 6.08 Å². The molecule has 1 unspecified atom stereocenters. The molecule has 98 valence electrons. The molecule has 2 amide bonds. The van der Waals surface area contributed by atoms with Gasteiger partial charge in [-0.05, 0) is 6.42 Å². The second kappa shape index (κ2) is 9.16. The zero-order valence-corrected chi connectivity index (χ0v) is 9.35. The highest BCUT2D eigenvalue weighted by molar-refractivity contribution is 5.81. The molecular formula is C9H17N3O5. The van der Waals surface area contributed by atoms with Gasteiger partial charge in [-0.25, -0.2) is 9.59 Å². The van der Waals surface area contributed by atoms with Crippen molar-refractivity contribution >= 4 is 18.0 Å². The fourth-order valence-electron chi connectivity index (χ4n) is 0.863. The number of carboxylic acid groups (broad SMARTS) is 1. The maximum absolute atomic E-state index is 11.0. The molecule has 0 bridgehead atoms. The fourth-order valence-corrected chi connectivity index (χ4v) is 0.863. The molecule has 0 saturated heterocycles. The second-order valence-corrected chi connectivity index (χ2v) is 2.93. The van der Waals surface area contributed by atoms with Gasteiger partial charge in [-0.1, -0.05) is 12.7 Å². The number of nitrogens with two attached hydrogens (primary N) is 1. The minimum absolute atomic E-state index is 0. The van der Waals surface area contributed by atoms with Crippen molar-refractivity contribution in [2.75, 3.05) is 6.61 Å². The van der Waals surface area contributed by atoms with Crippen LogP contribution < -0.4 is 17.2 Å². The molecule has 1 atom stereocenters. The van der Waals surface area contributed by atoms with Gasteiger partial charge in [-0.2, -0.15) is 0 Å². The molecule has 0 heterocycles. The van der Waals surface area contributed by atoms with E-state index >= 15 is 0 Å². The molecule has 0 aliphatic rings. The average molecular weight is 247 g/mol. The van der Waals surface area contributed by atoms with Gasteiger partial charge in [0, 0.05) is 6.42 Å². The van der Waals surface area contributed by atoms with Crippen molar-refractivity contribution in [1.29, 1.82) is 0 Å². The largest absolute Gasteiger partial charge is 0.480 e. The summed E-state index contributed by atoms with van der Waals surface area (Å²) in [4.78, 5) is 32.1. The van der Waals surface area contributed by atoms with Crippen LogP contribution in [-0.2, 0) is 14.3 Å². The summed E-state index contributed by atoms with van der Waals surface area (Å²) < 4.78 is 4.53. The van der Waals surface area contributed by atoms with Gasteiger partial charge in [0.25, 0.3) is 0 Å². The number of carbonyl (C=O) groups is 3. The van der Waals surface area contributed by atoms with Crippen molar-refractivity contribution < 1.29 is 24.2 Å². The Morgan fingerprint density at radius 1 is 1.47 bits per heavy atom. The summed E-state index contributed by atoms with van der Waals surface area (Å²) in [6.45, 7) is 3.30. The lowest BCUT2D eigenvalue weighted by Gasteiger charge is -2.12. The van der Waals surface area contributed by atoms with Crippen LogP contribution in [0.4, 0.5) is 4.79 Å². The molecule has 8 heteroatoms. The molecule has 0 aromatic carbocycles. The second-order valence-electron chi connectivity index (χ2n) is 2.93. The normalized spacial score (nSPS) is 10.6. The van der Waals surface area contributed by atoms with Gasteiger partial charge in [-0.15, -0.1) is 0 Å². The van der Waals surface area contributed by atoms with E-state index in [0.717, 1.165) is 0 Å². The summed E-state index contributed by atoms with van der Waals surface area (Å²) in [5, 5.41) is 10.8. The van der Waals surface area contributed by atoms with Crippen LogP contribution in [0, 0.1) is 0 Å². The Balaban J connectivity index is 0. The Hall–Kier alpha value is -2.09. The zero-order valence-electron chi connectivity index (χ0n) is 9.35. The summed E-state index contributed by atoms with van der Waals surface area (Å²) >= 11 is 0. The summed E-state index contributed by atoms with van der Waals surface area (Å²) in [6, 6.07) is -1.19. The molecule has 0 aliphatic carbocycles. The van der Waals surface area contributed by atoms with E-state index in [0.29, 0.717) is 0 Å². The van der Waals surface area contributed by atoms with Crippen molar-refractivity contribution in [2.24, 2.45) is 5.73 Å². The number of ether oxygens (including phenoxy) is 1. The third kappa shape index (κ3) is 8.88. The topological polar surface area (TPSA) is 154 Å². The lowest BCUT2D eigenvalue weighted by atomic mass is 10.1. The summed E-state index contributed by atoms with van der Waals surface area (Å²) in [5.41, 5.74) is 4.86. The maximum Gasteiger partial charge on any atom is 0.408 e. The number of carboxylic acids is 1. The fraction of sp³-hybridized carbons (Fsp3) is 0.444. The first-order valence-corrected chi connectivity index (χ1v) is 4.52. The monoisotopic (exact) mass is 247 g/mol. The molecule has 17 heavy (non-hydrogen) atoms. The van der Waals surface area contributed by atoms with Gasteiger partial charge in [0.15, 0.2) is 0 Å². The smallest absolute Gasteiger partial charge is 0.408 e.